The van der Waals surface area contributed by atoms with Gasteiger partial charge in [0.15, 0.2) is 0 Å². The van der Waals surface area contributed by atoms with E-state index in [1.54, 1.807) is 0 Å². The molecule has 3 rings (SSSR count). The summed E-state index contributed by atoms with van der Waals surface area (Å²) in [5.41, 5.74) is 0.544. The number of hydrogen-bond donors (Lipinski definition) is 2. The van der Waals surface area contributed by atoms with Gasteiger partial charge in [-0.25, -0.2) is 4.39 Å². The first-order chi connectivity index (χ1) is 10.0. The Hall–Kier alpha value is -1.95. The highest BCUT2D eigenvalue weighted by molar-refractivity contribution is 5.92. The first kappa shape index (κ1) is 14.0. The molecular formula is C15H17FN2O3. The van der Waals surface area contributed by atoms with Crippen molar-refractivity contribution in [3.8, 4) is 0 Å². The number of benzene rings is 1. The summed E-state index contributed by atoms with van der Waals surface area (Å²) in [6.45, 7) is 0.191. The van der Waals surface area contributed by atoms with Crippen molar-refractivity contribution in [2.24, 2.45) is 5.92 Å². The van der Waals surface area contributed by atoms with E-state index in [9.17, 15) is 19.1 Å². The molecule has 3 unspecified atom stereocenters. The fraction of sp³-hybridized carbons (Fsp3) is 0.467. The molecule has 2 aliphatic heterocycles. The lowest BCUT2D eigenvalue weighted by atomic mass is 9.89. The molecule has 0 saturated carbocycles. The Labute approximate surface area is 121 Å². The lowest BCUT2D eigenvalue weighted by Gasteiger charge is -2.22. The van der Waals surface area contributed by atoms with Crippen LogP contribution >= 0.6 is 0 Å². The predicted molar refractivity (Wildman–Crippen MR) is 74.3 cm³/mol. The van der Waals surface area contributed by atoms with Gasteiger partial charge in [-0.05, 0) is 43.5 Å². The van der Waals surface area contributed by atoms with E-state index < -0.39 is 5.97 Å². The molecule has 21 heavy (non-hydrogen) atoms. The fourth-order valence-corrected chi connectivity index (χ4v) is 3.51. The van der Waals surface area contributed by atoms with E-state index in [0.29, 0.717) is 12.1 Å². The largest absolute Gasteiger partial charge is 0.481 e. The van der Waals surface area contributed by atoms with Gasteiger partial charge in [0.1, 0.15) is 5.82 Å². The average molecular weight is 292 g/mol. The Bertz CT molecular complexity index is 561. The number of carbonyl (C=O) groups excluding carboxylic acids is 1. The quantitative estimate of drug-likeness (QED) is 0.886. The number of nitrogens with one attached hydrogen (secondary N) is 1. The van der Waals surface area contributed by atoms with Crippen molar-refractivity contribution in [1.82, 2.24) is 4.90 Å². The molecule has 0 aromatic heterocycles. The molecule has 2 heterocycles. The van der Waals surface area contributed by atoms with Gasteiger partial charge < -0.3 is 10.4 Å². The van der Waals surface area contributed by atoms with Gasteiger partial charge in [0.05, 0.1) is 12.5 Å². The van der Waals surface area contributed by atoms with Gasteiger partial charge in [0, 0.05) is 17.8 Å². The molecule has 1 aromatic carbocycles. The van der Waals surface area contributed by atoms with Gasteiger partial charge in [-0.15, -0.1) is 0 Å². The molecular weight excluding hydrogens is 275 g/mol. The first-order valence-electron chi connectivity index (χ1n) is 7.08. The fourth-order valence-electron chi connectivity index (χ4n) is 3.51. The monoisotopic (exact) mass is 292 g/mol. The molecule has 2 N–H and O–H groups in total. The second-order valence-corrected chi connectivity index (χ2v) is 5.71. The molecule has 0 aliphatic carbocycles. The summed E-state index contributed by atoms with van der Waals surface area (Å²) in [5.74, 6) is -1.67. The van der Waals surface area contributed by atoms with Crippen LogP contribution in [0.5, 0.6) is 0 Å². The van der Waals surface area contributed by atoms with Gasteiger partial charge in [-0.1, -0.05) is 0 Å². The van der Waals surface area contributed by atoms with Crippen molar-refractivity contribution in [3.05, 3.63) is 30.1 Å². The van der Waals surface area contributed by atoms with Crippen LogP contribution < -0.4 is 5.32 Å². The van der Waals surface area contributed by atoms with E-state index in [2.05, 4.69) is 5.32 Å². The topological polar surface area (TPSA) is 69.6 Å². The molecule has 5 nitrogen and oxygen atoms in total. The second-order valence-electron chi connectivity index (χ2n) is 5.71. The Morgan fingerprint density at radius 1 is 1.29 bits per heavy atom. The standard InChI is InChI=1S/C15H17FN2O3/c16-9-1-3-10(4-2-9)17-14(19)8-18-11-5-6-13(18)12(7-11)15(20)21/h1-4,11-13H,5-8H2,(H,17,19)(H,20,21). The zero-order valence-corrected chi connectivity index (χ0v) is 11.5. The number of carboxylic acids is 1. The zero-order valence-electron chi connectivity index (χ0n) is 11.5. The second kappa shape index (κ2) is 5.44. The summed E-state index contributed by atoms with van der Waals surface area (Å²) in [5, 5.41) is 11.9. The molecule has 2 fully saturated rings. The first-order valence-corrected chi connectivity index (χ1v) is 7.08. The number of rotatable bonds is 4. The van der Waals surface area contributed by atoms with Gasteiger partial charge in [-0.3, -0.25) is 14.5 Å². The highest BCUT2D eigenvalue weighted by atomic mass is 19.1. The number of anilines is 1. The van der Waals surface area contributed by atoms with Gasteiger partial charge >= 0.3 is 5.97 Å². The van der Waals surface area contributed by atoms with Crippen LogP contribution in [0.1, 0.15) is 19.3 Å². The summed E-state index contributed by atoms with van der Waals surface area (Å²) >= 11 is 0. The smallest absolute Gasteiger partial charge is 0.308 e. The van der Waals surface area contributed by atoms with E-state index in [4.69, 9.17) is 0 Å². The van der Waals surface area contributed by atoms with Gasteiger partial charge in [0.25, 0.3) is 0 Å². The molecule has 0 radical (unpaired) electrons. The Kier molecular flexibility index (Phi) is 3.63. The van der Waals surface area contributed by atoms with E-state index in [-0.39, 0.29) is 36.3 Å². The molecule has 0 spiro atoms. The van der Waals surface area contributed by atoms with Crippen molar-refractivity contribution in [2.45, 2.75) is 31.3 Å². The van der Waals surface area contributed by atoms with Crippen LogP contribution in [0.2, 0.25) is 0 Å². The third-order valence-corrected chi connectivity index (χ3v) is 4.45. The lowest BCUT2D eigenvalue weighted by molar-refractivity contribution is -0.142. The maximum Gasteiger partial charge on any atom is 0.308 e. The van der Waals surface area contributed by atoms with E-state index in [0.717, 1.165) is 12.8 Å². The molecule has 1 aromatic rings. The molecule has 2 bridgehead atoms. The Balaban J connectivity index is 1.61. The molecule has 1 amide bonds. The number of fused-ring (bicyclic) bond motifs is 2. The number of aliphatic carboxylic acids is 1. The van der Waals surface area contributed by atoms with Crippen LogP contribution in [-0.2, 0) is 9.59 Å². The number of carboxylic acid groups (broad SMARTS) is 1. The third kappa shape index (κ3) is 2.76. The van der Waals surface area contributed by atoms with Crippen LogP contribution in [-0.4, -0.2) is 40.5 Å². The third-order valence-electron chi connectivity index (χ3n) is 4.45. The minimum Gasteiger partial charge on any atom is -0.481 e. The van der Waals surface area contributed by atoms with Gasteiger partial charge in [0.2, 0.25) is 5.91 Å². The van der Waals surface area contributed by atoms with E-state index >= 15 is 0 Å². The number of nitrogens with zero attached hydrogens (tertiary/aromatic N) is 1. The molecule has 3 atom stereocenters. The molecule has 2 saturated heterocycles. The van der Waals surface area contributed by atoms with Crippen molar-refractivity contribution in [3.63, 3.8) is 0 Å². The number of carbonyl (C=O) groups is 2. The molecule has 2 aliphatic rings. The predicted octanol–water partition coefficient (Wildman–Crippen LogP) is 1.70. The Morgan fingerprint density at radius 2 is 2.00 bits per heavy atom. The van der Waals surface area contributed by atoms with E-state index in [1.807, 2.05) is 4.90 Å². The molecule has 6 heteroatoms. The minimum atomic E-state index is -0.772. The van der Waals surface area contributed by atoms with Crippen LogP contribution in [0.4, 0.5) is 10.1 Å². The van der Waals surface area contributed by atoms with Gasteiger partial charge in [-0.2, -0.15) is 0 Å². The van der Waals surface area contributed by atoms with Crippen molar-refractivity contribution in [2.75, 3.05) is 11.9 Å². The van der Waals surface area contributed by atoms with Crippen LogP contribution in [0, 0.1) is 11.7 Å². The maximum atomic E-state index is 12.8. The average Bonchev–Trinajstić information content (AvgIpc) is 2.98. The normalized spacial score (nSPS) is 27.8. The highest BCUT2D eigenvalue weighted by Crippen LogP contribution is 2.41. The number of hydrogen-bond acceptors (Lipinski definition) is 3. The number of amides is 1. The number of halogens is 1. The summed E-state index contributed by atoms with van der Waals surface area (Å²) in [6, 6.07) is 5.74. The van der Waals surface area contributed by atoms with Crippen molar-refractivity contribution in [1.29, 1.82) is 0 Å². The van der Waals surface area contributed by atoms with Crippen LogP contribution in [0.25, 0.3) is 0 Å². The van der Waals surface area contributed by atoms with Crippen LogP contribution in [0.15, 0.2) is 24.3 Å². The summed E-state index contributed by atoms with van der Waals surface area (Å²) in [7, 11) is 0. The Morgan fingerprint density at radius 3 is 2.62 bits per heavy atom. The highest BCUT2D eigenvalue weighted by Gasteiger charge is 2.49. The SMILES string of the molecule is O=C(CN1C2CCC1C(C(=O)O)C2)Nc1ccc(F)cc1. The summed E-state index contributed by atoms with van der Waals surface area (Å²) < 4.78 is 12.8. The summed E-state index contributed by atoms with van der Waals surface area (Å²) in [6.07, 6.45) is 2.42. The zero-order chi connectivity index (χ0) is 15.0. The molecule has 112 valence electrons. The van der Waals surface area contributed by atoms with Crippen molar-refractivity contribution < 1.29 is 19.1 Å². The van der Waals surface area contributed by atoms with Crippen LogP contribution in [0.3, 0.4) is 0 Å². The lowest BCUT2D eigenvalue weighted by Crippen LogP contribution is -2.38. The van der Waals surface area contributed by atoms with Crippen molar-refractivity contribution >= 4 is 17.6 Å². The summed E-state index contributed by atoms with van der Waals surface area (Å²) in [4.78, 5) is 25.2. The maximum absolute atomic E-state index is 12.8. The minimum absolute atomic E-state index is 0.0357. The van der Waals surface area contributed by atoms with E-state index in [1.165, 1.54) is 24.3 Å².